The minimum atomic E-state index is -3.68. The van der Waals surface area contributed by atoms with Crippen molar-refractivity contribution in [1.29, 1.82) is 0 Å². The van der Waals surface area contributed by atoms with Crippen molar-refractivity contribution in [3.8, 4) is 17.2 Å². The number of fused-ring (bicyclic) bond motifs is 1. The fourth-order valence-corrected chi connectivity index (χ4v) is 5.21. The Morgan fingerprint density at radius 2 is 1.77 bits per heavy atom. The standard InChI is InChI=1S/C27H25N3O9S/c1-4-39-23-12-15(8-11-22(23)38-2)20(14-40(3,36)37)30-25(32)17-6-5-7-19(24(17)26(30)33)29-28-16-9-10-21(31)18(13-16)27(34)35/h5-13,20,31H,4,14H2,1-3H3,(H,34,35). The summed E-state index contributed by atoms with van der Waals surface area (Å²) < 4.78 is 35.7. The van der Waals surface area contributed by atoms with Crippen molar-refractivity contribution >= 4 is 39.0 Å². The Morgan fingerprint density at radius 3 is 2.42 bits per heavy atom. The van der Waals surface area contributed by atoms with Crippen LogP contribution in [0.5, 0.6) is 17.2 Å². The van der Waals surface area contributed by atoms with Gasteiger partial charge in [-0.1, -0.05) is 12.1 Å². The number of aromatic carboxylic acids is 1. The van der Waals surface area contributed by atoms with Gasteiger partial charge in [0, 0.05) is 6.26 Å². The first-order valence-electron chi connectivity index (χ1n) is 11.9. The maximum absolute atomic E-state index is 13.7. The van der Waals surface area contributed by atoms with E-state index in [9.17, 15) is 33.0 Å². The third-order valence-electron chi connectivity index (χ3n) is 6.05. The van der Waals surface area contributed by atoms with Crippen molar-refractivity contribution in [2.45, 2.75) is 13.0 Å². The Balaban J connectivity index is 1.77. The van der Waals surface area contributed by atoms with Crippen LogP contribution in [0.2, 0.25) is 0 Å². The number of methoxy groups -OCH3 is 1. The summed E-state index contributed by atoms with van der Waals surface area (Å²) in [6.45, 7) is 2.06. The van der Waals surface area contributed by atoms with Gasteiger partial charge in [0.25, 0.3) is 11.8 Å². The van der Waals surface area contributed by atoms with Gasteiger partial charge in [-0.2, -0.15) is 5.11 Å². The van der Waals surface area contributed by atoms with E-state index in [-0.39, 0.29) is 28.1 Å². The van der Waals surface area contributed by atoms with Crippen LogP contribution in [0.25, 0.3) is 0 Å². The first kappa shape index (κ1) is 28.2. The number of benzene rings is 3. The molecule has 0 aromatic heterocycles. The van der Waals surface area contributed by atoms with Crippen LogP contribution in [0.15, 0.2) is 64.8 Å². The van der Waals surface area contributed by atoms with E-state index in [0.717, 1.165) is 23.3 Å². The molecule has 0 fully saturated rings. The molecule has 1 aliphatic heterocycles. The highest BCUT2D eigenvalue weighted by Crippen LogP contribution is 2.39. The molecular weight excluding hydrogens is 542 g/mol. The Hall–Kier alpha value is -4.78. The third kappa shape index (κ3) is 5.64. The van der Waals surface area contributed by atoms with E-state index in [1.54, 1.807) is 19.1 Å². The molecule has 0 bridgehead atoms. The van der Waals surface area contributed by atoms with Crippen LogP contribution in [-0.4, -0.2) is 67.0 Å². The summed E-state index contributed by atoms with van der Waals surface area (Å²) >= 11 is 0. The molecular formula is C27H25N3O9S. The van der Waals surface area contributed by atoms with E-state index < -0.39 is 45.2 Å². The number of azo groups is 1. The average molecular weight is 568 g/mol. The van der Waals surface area contributed by atoms with Crippen molar-refractivity contribution < 1.29 is 42.5 Å². The zero-order valence-corrected chi connectivity index (χ0v) is 22.5. The predicted molar refractivity (Wildman–Crippen MR) is 143 cm³/mol. The van der Waals surface area contributed by atoms with E-state index in [0.29, 0.717) is 23.7 Å². The van der Waals surface area contributed by atoms with Crippen molar-refractivity contribution in [3.63, 3.8) is 0 Å². The summed E-state index contributed by atoms with van der Waals surface area (Å²) in [6.07, 6.45) is 1.01. The first-order valence-corrected chi connectivity index (χ1v) is 14.0. The molecule has 4 rings (SSSR count). The quantitative estimate of drug-likeness (QED) is 0.268. The molecule has 12 nitrogen and oxygen atoms in total. The zero-order valence-electron chi connectivity index (χ0n) is 21.7. The maximum Gasteiger partial charge on any atom is 0.339 e. The Labute approximate surface area is 229 Å². The number of carbonyl (C=O) groups excluding carboxylic acids is 2. The van der Waals surface area contributed by atoms with Gasteiger partial charge in [0.1, 0.15) is 21.2 Å². The maximum atomic E-state index is 13.7. The summed E-state index contributed by atoms with van der Waals surface area (Å²) in [6, 6.07) is 11.4. The SMILES string of the molecule is CCOc1cc(C(CS(C)(=O)=O)N2C(=O)c3cccc(N=Nc4ccc(O)c(C(=O)O)c4)c3C2=O)ccc1OC. The van der Waals surface area contributed by atoms with Crippen LogP contribution in [0, 0.1) is 0 Å². The smallest absolute Gasteiger partial charge is 0.339 e. The van der Waals surface area contributed by atoms with Crippen molar-refractivity contribution in [1.82, 2.24) is 4.90 Å². The molecule has 0 saturated carbocycles. The summed E-state index contributed by atoms with van der Waals surface area (Å²) in [5, 5.41) is 27.0. The lowest BCUT2D eigenvalue weighted by Crippen LogP contribution is -2.37. The van der Waals surface area contributed by atoms with Crippen LogP contribution in [-0.2, 0) is 9.84 Å². The molecule has 0 radical (unpaired) electrons. The number of aromatic hydroxyl groups is 1. The molecule has 2 amide bonds. The molecule has 0 spiro atoms. The first-order chi connectivity index (χ1) is 18.9. The number of carboxylic acid groups (broad SMARTS) is 1. The van der Waals surface area contributed by atoms with Crippen LogP contribution in [0.1, 0.15) is 49.6 Å². The minimum Gasteiger partial charge on any atom is -0.507 e. The number of nitrogens with zero attached hydrogens (tertiary/aromatic N) is 3. The number of hydrogen-bond acceptors (Lipinski definition) is 10. The summed E-state index contributed by atoms with van der Waals surface area (Å²) in [7, 11) is -2.23. The summed E-state index contributed by atoms with van der Waals surface area (Å²) in [5.74, 6) is -3.12. The van der Waals surface area contributed by atoms with Gasteiger partial charge in [-0.05, 0) is 55.0 Å². The monoisotopic (exact) mass is 567 g/mol. The molecule has 40 heavy (non-hydrogen) atoms. The molecule has 0 saturated heterocycles. The topological polar surface area (TPSA) is 172 Å². The lowest BCUT2D eigenvalue weighted by molar-refractivity contribution is 0.0596. The Kier molecular flexibility index (Phi) is 7.86. The lowest BCUT2D eigenvalue weighted by Gasteiger charge is -2.26. The number of rotatable bonds is 10. The number of imide groups is 1. The van der Waals surface area contributed by atoms with E-state index in [4.69, 9.17) is 9.47 Å². The lowest BCUT2D eigenvalue weighted by atomic mass is 10.1. The second-order valence-corrected chi connectivity index (χ2v) is 11.0. The van der Waals surface area contributed by atoms with E-state index >= 15 is 0 Å². The van der Waals surface area contributed by atoms with Crippen LogP contribution < -0.4 is 9.47 Å². The summed E-state index contributed by atoms with van der Waals surface area (Å²) in [5.41, 5.74) is -0.00970. The van der Waals surface area contributed by atoms with Gasteiger partial charge in [0.15, 0.2) is 11.5 Å². The molecule has 0 aliphatic carbocycles. The van der Waals surface area contributed by atoms with Gasteiger partial charge in [-0.25, -0.2) is 13.2 Å². The normalized spacial score (nSPS) is 13.9. The predicted octanol–water partition coefficient (Wildman–Crippen LogP) is 4.30. The minimum absolute atomic E-state index is 0.00965. The number of ether oxygens (including phenoxy) is 2. The highest BCUT2D eigenvalue weighted by Gasteiger charge is 2.43. The summed E-state index contributed by atoms with van der Waals surface area (Å²) in [4.78, 5) is 39.4. The molecule has 3 aromatic rings. The molecule has 1 heterocycles. The zero-order chi connectivity index (χ0) is 29.2. The Bertz CT molecular complexity index is 1650. The van der Waals surface area contributed by atoms with Crippen molar-refractivity contribution in [2.24, 2.45) is 10.2 Å². The van der Waals surface area contributed by atoms with Crippen LogP contribution >= 0.6 is 0 Å². The van der Waals surface area contributed by atoms with Gasteiger partial charge < -0.3 is 19.7 Å². The molecule has 13 heteroatoms. The van der Waals surface area contributed by atoms with Gasteiger partial charge >= 0.3 is 5.97 Å². The van der Waals surface area contributed by atoms with Gasteiger partial charge in [-0.3, -0.25) is 14.5 Å². The van der Waals surface area contributed by atoms with E-state index in [1.165, 1.54) is 37.4 Å². The van der Waals surface area contributed by atoms with Crippen LogP contribution in [0.4, 0.5) is 11.4 Å². The number of hydrogen-bond donors (Lipinski definition) is 2. The van der Waals surface area contributed by atoms with Gasteiger partial charge in [0.2, 0.25) is 0 Å². The molecule has 1 aliphatic rings. The fourth-order valence-electron chi connectivity index (χ4n) is 4.30. The molecule has 1 atom stereocenters. The highest BCUT2D eigenvalue weighted by molar-refractivity contribution is 7.90. The Morgan fingerprint density at radius 1 is 1.02 bits per heavy atom. The average Bonchev–Trinajstić information content (AvgIpc) is 3.16. The molecule has 2 N–H and O–H groups in total. The molecule has 208 valence electrons. The number of carboxylic acids is 1. The number of amides is 2. The number of phenols is 1. The van der Waals surface area contributed by atoms with Crippen molar-refractivity contribution in [3.05, 3.63) is 76.9 Å². The fraction of sp³-hybridized carbons (Fsp3) is 0.222. The van der Waals surface area contributed by atoms with Crippen LogP contribution in [0.3, 0.4) is 0 Å². The third-order valence-corrected chi connectivity index (χ3v) is 6.97. The second kappa shape index (κ2) is 11.1. The highest BCUT2D eigenvalue weighted by atomic mass is 32.2. The van der Waals surface area contributed by atoms with Gasteiger partial charge in [-0.15, -0.1) is 5.11 Å². The van der Waals surface area contributed by atoms with E-state index in [1.807, 2.05) is 0 Å². The molecule has 1 unspecified atom stereocenters. The largest absolute Gasteiger partial charge is 0.507 e. The number of carbonyl (C=O) groups is 3. The number of sulfone groups is 1. The molecule has 3 aromatic carbocycles. The van der Waals surface area contributed by atoms with Gasteiger partial charge in [0.05, 0.1) is 48.0 Å². The second-order valence-electron chi connectivity index (χ2n) is 8.84. The van der Waals surface area contributed by atoms with E-state index in [2.05, 4.69) is 10.2 Å². The van der Waals surface area contributed by atoms with Crippen molar-refractivity contribution in [2.75, 3.05) is 25.7 Å².